The van der Waals surface area contributed by atoms with Gasteiger partial charge in [-0.15, -0.1) is 0 Å². The van der Waals surface area contributed by atoms with Gasteiger partial charge in [0.1, 0.15) is 10.7 Å². The van der Waals surface area contributed by atoms with E-state index < -0.39 is 0 Å². The maximum Gasteiger partial charge on any atom is 0.186 e. The smallest absolute Gasteiger partial charge is 0.186 e. The van der Waals surface area contributed by atoms with E-state index >= 15 is 0 Å². The lowest BCUT2D eigenvalue weighted by molar-refractivity contribution is 0.0990. The molecule has 7 nitrogen and oxygen atoms in total. The molecule has 0 amide bonds. The number of rotatable bonds is 5. The van der Waals surface area contributed by atoms with Crippen LogP contribution in [0.15, 0.2) is 6.07 Å². The van der Waals surface area contributed by atoms with Gasteiger partial charge in [0.2, 0.25) is 0 Å². The molecule has 0 saturated carbocycles. The van der Waals surface area contributed by atoms with E-state index in [4.69, 9.17) is 26.1 Å². The van der Waals surface area contributed by atoms with Crippen molar-refractivity contribution in [2.45, 2.75) is 18.6 Å². The maximum atomic E-state index is 6.34. The van der Waals surface area contributed by atoms with Gasteiger partial charge in [-0.1, -0.05) is 22.9 Å². The molecule has 2 aromatic heterocycles. The number of halogens is 1. The standard InChI is InChI=1S/C18H24ClN5O2S/c1-25-7-6-22-2-4-23(5-3-22)18-21-16-14(27-18)9-15(19)20-17(16)24-10-13-8-12(24)11-26-13/h9,12-13H,2-8,10-11H2,1H3/t12-,13-/m1/s1. The van der Waals surface area contributed by atoms with Crippen molar-refractivity contribution in [3.8, 4) is 0 Å². The topological polar surface area (TPSA) is 54.0 Å². The minimum absolute atomic E-state index is 0.323. The molecule has 3 aliphatic heterocycles. The van der Waals surface area contributed by atoms with Gasteiger partial charge in [-0.05, 0) is 12.5 Å². The highest BCUT2D eigenvalue weighted by Gasteiger charge is 2.40. The third-order valence-electron chi connectivity index (χ3n) is 5.74. The fourth-order valence-electron chi connectivity index (χ4n) is 4.25. The van der Waals surface area contributed by atoms with E-state index in [1.165, 1.54) is 0 Å². The number of thiazole rings is 1. The van der Waals surface area contributed by atoms with Crippen LogP contribution in [0.25, 0.3) is 10.2 Å². The Kier molecular flexibility index (Phi) is 4.85. The quantitative estimate of drug-likeness (QED) is 0.701. The zero-order valence-corrected chi connectivity index (χ0v) is 17.0. The van der Waals surface area contributed by atoms with Crippen LogP contribution in [0.4, 0.5) is 10.9 Å². The number of morpholine rings is 1. The number of methoxy groups -OCH3 is 1. The van der Waals surface area contributed by atoms with Crippen LogP contribution in [0.3, 0.4) is 0 Å². The molecule has 0 unspecified atom stereocenters. The van der Waals surface area contributed by atoms with Crippen LogP contribution in [-0.4, -0.2) is 86.6 Å². The molecule has 0 spiro atoms. The summed E-state index contributed by atoms with van der Waals surface area (Å²) in [5, 5.41) is 1.61. The Bertz CT molecular complexity index is 825. The number of nitrogens with zero attached hydrogens (tertiary/aromatic N) is 5. The third kappa shape index (κ3) is 3.38. The lowest BCUT2D eigenvalue weighted by Crippen LogP contribution is -2.47. The lowest BCUT2D eigenvalue weighted by Gasteiger charge is -2.34. The second-order valence-corrected chi connectivity index (χ2v) is 8.83. The van der Waals surface area contributed by atoms with Gasteiger partial charge in [0.05, 0.1) is 30.1 Å². The van der Waals surface area contributed by atoms with E-state index in [2.05, 4.69) is 19.7 Å². The highest BCUT2D eigenvalue weighted by molar-refractivity contribution is 7.22. The van der Waals surface area contributed by atoms with Crippen LogP contribution >= 0.6 is 22.9 Å². The Morgan fingerprint density at radius 1 is 1.30 bits per heavy atom. The summed E-state index contributed by atoms with van der Waals surface area (Å²) in [5.41, 5.74) is 0.980. The number of anilines is 2. The summed E-state index contributed by atoms with van der Waals surface area (Å²) < 4.78 is 12.0. The predicted molar refractivity (Wildman–Crippen MR) is 108 cm³/mol. The van der Waals surface area contributed by atoms with Crippen LogP contribution in [0.2, 0.25) is 5.15 Å². The second-order valence-electron chi connectivity index (χ2n) is 7.43. The molecule has 5 heterocycles. The summed E-state index contributed by atoms with van der Waals surface area (Å²) >= 11 is 8.06. The average molecular weight is 410 g/mol. The molecule has 0 radical (unpaired) electrons. The molecule has 2 aromatic rings. The first-order chi connectivity index (χ1) is 13.2. The third-order valence-corrected chi connectivity index (χ3v) is 7.00. The van der Waals surface area contributed by atoms with Crippen molar-refractivity contribution in [2.75, 3.05) is 69.4 Å². The Morgan fingerprint density at radius 2 is 2.15 bits per heavy atom. The van der Waals surface area contributed by atoms with Crippen molar-refractivity contribution in [3.63, 3.8) is 0 Å². The average Bonchev–Trinajstić information content (AvgIpc) is 3.41. The molecule has 9 heteroatoms. The predicted octanol–water partition coefficient (Wildman–Crippen LogP) is 2.09. The summed E-state index contributed by atoms with van der Waals surface area (Å²) in [6, 6.07) is 2.35. The summed E-state index contributed by atoms with van der Waals surface area (Å²) in [6.45, 7) is 7.50. The van der Waals surface area contributed by atoms with Crippen molar-refractivity contribution >= 4 is 44.1 Å². The van der Waals surface area contributed by atoms with Crippen molar-refractivity contribution in [3.05, 3.63) is 11.2 Å². The van der Waals surface area contributed by atoms with Crippen LogP contribution in [-0.2, 0) is 9.47 Å². The van der Waals surface area contributed by atoms with Crippen LogP contribution < -0.4 is 9.80 Å². The number of hydrogen-bond donors (Lipinski definition) is 0. The lowest BCUT2D eigenvalue weighted by atomic mass is 10.2. The molecule has 0 N–H and O–H groups in total. The highest BCUT2D eigenvalue weighted by atomic mass is 35.5. The molecule has 146 valence electrons. The summed E-state index contributed by atoms with van der Waals surface area (Å²) in [5.74, 6) is 0.925. The molecular weight excluding hydrogens is 386 g/mol. The summed E-state index contributed by atoms with van der Waals surface area (Å²) in [6.07, 6.45) is 1.40. The Hall–Kier alpha value is -1.19. The molecule has 3 saturated heterocycles. The van der Waals surface area contributed by atoms with Crippen LogP contribution in [0, 0.1) is 0 Å². The highest BCUT2D eigenvalue weighted by Crippen LogP contribution is 2.39. The number of ether oxygens (including phenoxy) is 2. The van der Waals surface area contributed by atoms with Crippen molar-refractivity contribution in [2.24, 2.45) is 0 Å². The first-order valence-corrected chi connectivity index (χ1v) is 10.7. The van der Waals surface area contributed by atoms with Gasteiger partial charge in [0.15, 0.2) is 10.9 Å². The maximum absolute atomic E-state index is 6.34. The van der Waals surface area contributed by atoms with Gasteiger partial charge in [0.25, 0.3) is 0 Å². The Balaban J connectivity index is 1.39. The van der Waals surface area contributed by atoms with E-state index in [9.17, 15) is 0 Å². The molecule has 27 heavy (non-hydrogen) atoms. The monoisotopic (exact) mass is 409 g/mol. The van der Waals surface area contributed by atoms with Crippen molar-refractivity contribution in [1.82, 2.24) is 14.9 Å². The zero-order valence-electron chi connectivity index (χ0n) is 15.4. The van der Waals surface area contributed by atoms with E-state index in [0.717, 1.165) is 80.1 Å². The zero-order chi connectivity index (χ0) is 18.4. The largest absolute Gasteiger partial charge is 0.383 e. The van der Waals surface area contributed by atoms with Gasteiger partial charge in [0, 0.05) is 46.4 Å². The molecule has 0 aliphatic carbocycles. The first kappa shape index (κ1) is 17.9. The van der Waals surface area contributed by atoms with Crippen molar-refractivity contribution < 1.29 is 9.47 Å². The summed E-state index contributed by atoms with van der Waals surface area (Å²) in [7, 11) is 1.76. The second kappa shape index (κ2) is 7.33. The molecule has 2 atom stereocenters. The first-order valence-electron chi connectivity index (χ1n) is 9.53. The SMILES string of the molecule is COCCN1CCN(c2nc3c(N4C[C@H]5C[C@@H]4CO5)nc(Cl)cc3s2)CC1. The van der Waals surface area contributed by atoms with Gasteiger partial charge < -0.3 is 19.3 Å². The van der Waals surface area contributed by atoms with Gasteiger partial charge in [-0.2, -0.15) is 0 Å². The minimum Gasteiger partial charge on any atom is -0.383 e. The number of aromatic nitrogens is 2. The van der Waals surface area contributed by atoms with Gasteiger partial charge in [-0.3, -0.25) is 4.90 Å². The number of hydrogen-bond acceptors (Lipinski definition) is 8. The molecule has 3 fully saturated rings. The van der Waals surface area contributed by atoms with E-state index in [0.29, 0.717) is 17.3 Å². The fraction of sp³-hybridized carbons (Fsp3) is 0.667. The molecule has 5 rings (SSSR count). The van der Waals surface area contributed by atoms with Crippen molar-refractivity contribution in [1.29, 1.82) is 0 Å². The molecule has 2 bridgehead atoms. The van der Waals surface area contributed by atoms with E-state index in [1.807, 2.05) is 6.07 Å². The Labute approximate surface area is 167 Å². The van der Waals surface area contributed by atoms with Crippen LogP contribution in [0.5, 0.6) is 0 Å². The molecule has 0 aromatic carbocycles. The van der Waals surface area contributed by atoms with Gasteiger partial charge >= 0.3 is 0 Å². The molecule has 3 aliphatic rings. The molecular formula is C18H24ClN5O2S. The number of piperazine rings is 1. The normalized spacial score (nSPS) is 25.9. The van der Waals surface area contributed by atoms with E-state index in [1.54, 1.807) is 18.4 Å². The number of fused-ring (bicyclic) bond motifs is 3. The van der Waals surface area contributed by atoms with Gasteiger partial charge in [-0.25, -0.2) is 9.97 Å². The fourth-order valence-corrected chi connectivity index (χ4v) is 5.55. The van der Waals surface area contributed by atoms with E-state index in [-0.39, 0.29) is 0 Å². The summed E-state index contributed by atoms with van der Waals surface area (Å²) in [4.78, 5) is 16.8. The minimum atomic E-state index is 0.323. The Morgan fingerprint density at radius 3 is 2.85 bits per heavy atom. The number of pyridine rings is 1. The van der Waals surface area contributed by atoms with Crippen LogP contribution in [0.1, 0.15) is 6.42 Å².